The first kappa shape index (κ1) is 84.6. The highest BCUT2D eigenvalue weighted by atomic mass is 28.3. The summed E-state index contributed by atoms with van der Waals surface area (Å²) in [5.74, 6) is -2.95. The smallest absolute Gasteiger partial charge is 0.355 e. The number of esters is 4. The van der Waals surface area contributed by atoms with Crippen LogP contribution in [0.25, 0.3) is 32.7 Å². The van der Waals surface area contributed by atoms with Gasteiger partial charge in [-0.1, -0.05) is 39.3 Å². The molecule has 0 unspecified atom stereocenters. The molecule has 0 amide bonds. The number of fused-ring (bicyclic) bond motifs is 3. The summed E-state index contributed by atoms with van der Waals surface area (Å²) >= 11 is 0. The van der Waals surface area contributed by atoms with Crippen LogP contribution in [-0.4, -0.2) is 145 Å². The minimum Gasteiger partial charge on any atom is -0.478 e. The summed E-state index contributed by atoms with van der Waals surface area (Å²) in [5, 5.41) is 27.8. The molecule has 0 atom stereocenters. The molecular weight excluding hydrogens is 1350 g/mol. The van der Waals surface area contributed by atoms with E-state index in [4.69, 9.17) is 38.8 Å². The molecule has 8 aromatic rings. The quantitative estimate of drug-likeness (QED) is 0.00643. The Balaban J connectivity index is 0.000000275. The summed E-state index contributed by atoms with van der Waals surface area (Å²) in [6, 6.07) is 38.1. The number of Topliss-reactive ketones (excluding diaryl/α,β-unsaturated/α-hetero) is 5. The number of rotatable bonds is 29. The van der Waals surface area contributed by atoms with Crippen molar-refractivity contribution in [2.24, 2.45) is 10.2 Å². The van der Waals surface area contributed by atoms with E-state index >= 15 is 0 Å². The summed E-state index contributed by atoms with van der Waals surface area (Å²) in [5.41, 5.74) is 13.6. The van der Waals surface area contributed by atoms with E-state index in [0.29, 0.717) is 97.1 Å². The predicted molar refractivity (Wildman–Crippen MR) is 403 cm³/mol. The number of hydrogen-bond acceptors (Lipinski definition) is 21. The van der Waals surface area contributed by atoms with Crippen molar-refractivity contribution in [2.75, 3.05) is 50.5 Å². The van der Waals surface area contributed by atoms with Crippen molar-refractivity contribution in [3.8, 4) is 6.07 Å². The van der Waals surface area contributed by atoms with Gasteiger partial charge in [-0.2, -0.15) is 15.5 Å². The van der Waals surface area contributed by atoms with Crippen LogP contribution in [0.1, 0.15) is 159 Å². The molecule has 103 heavy (non-hydrogen) atoms. The Morgan fingerprint density at radius 3 is 1.25 bits per heavy atom. The number of ketones is 5. The Kier molecular flexibility index (Phi) is 33.9. The molecule has 25 nitrogen and oxygen atoms in total. The molecule has 3 aromatic heterocycles. The number of carbonyl (C=O) groups is 10. The second kappa shape index (κ2) is 41.2. The van der Waals surface area contributed by atoms with Crippen LogP contribution in [0.5, 0.6) is 0 Å². The number of hydrogen-bond donors (Lipinski definition) is 4. The van der Waals surface area contributed by atoms with Gasteiger partial charge in [-0.15, -0.1) is 0 Å². The number of aromatic carboxylic acids is 1. The first-order valence-electron chi connectivity index (χ1n) is 33.4. The van der Waals surface area contributed by atoms with E-state index < -0.39 is 34.1 Å². The lowest BCUT2D eigenvalue weighted by atomic mass is 10.1. The van der Waals surface area contributed by atoms with Crippen molar-refractivity contribution in [2.45, 2.75) is 140 Å². The molecule has 548 valence electrons. The van der Waals surface area contributed by atoms with Crippen LogP contribution in [0.15, 0.2) is 132 Å². The standard InChI is InChI=1S/C19H24N2O3Si.C19H27NO4Si.C13H16N2O3.C13H13NO3.C12H14N2O4/c1-14(22)15-5-6-17-16(11-15)12-18(19(23)7-8-20)21(17)13-24-9-10-25(2,3)4;1-6-24-19(22)18-12-16-11-15(14(2)21)7-8-17(16)20(18)13-23-9-10-25(3,4)5;1-4-18-13(17)9(2)14-15-12-7-5-11(6-8-12)10(3)16;1-3-17-13(16)12-7-10-6-9(8(2)15)4-5-11(10)14-12;1-3-18-12(17)8(2)13-14-10-6-4-9(5-7-10)11(15)16/h5-6,11-12H,7,9-10,13H2,1-4H3;7-8,11-12H,6,9-10,13H2,1-5H3;5-8,15H,4H2,1-3H3;4-7,14H,3H2,1-2H3;4-7,14H,3H2,1-2H3,(H,15,16)/b;;14-9+;;13-8+. The third-order valence-electron chi connectivity index (χ3n) is 14.9. The molecule has 8 rings (SSSR count). The van der Waals surface area contributed by atoms with Gasteiger partial charge in [-0.25, -0.2) is 24.0 Å². The number of nitrogens with zero attached hydrogens (tertiary/aromatic N) is 5. The molecule has 0 fully saturated rings. The van der Waals surface area contributed by atoms with Crippen molar-refractivity contribution in [3.05, 3.63) is 166 Å². The minimum absolute atomic E-state index is 0.00118. The zero-order chi connectivity index (χ0) is 76.7. The maximum Gasteiger partial charge on any atom is 0.355 e. The lowest BCUT2D eigenvalue weighted by molar-refractivity contribution is -0.135. The van der Waals surface area contributed by atoms with Crippen molar-refractivity contribution in [1.29, 1.82) is 5.26 Å². The van der Waals surface area contributed by atoms with Gasteiger partial charge in [-0.05, 0) is 203 Å². The number of benzene rings is 5. The molecule has 0 radical (unpaired) electrons. The van der Waals surface area contributed by atoms with Crippen molar-refractivity contribution in [1.82, 2.24) is 14.1 Å². The summed E-state index contributed by atoms with van der Waals surface area (Å²) in [6.45, 7) is 33.0. The largest absolute Gasteiger partial charge is 0.478 e. The minimum atomic E-state index is -1.18. The van der Waals surface area contributed by atoms with Gasteiger partial charge in [-0.3, -0.25) is 34.8 Å². The molecular formula is C76H94N8O17Si2. The SMILES string of the molecule is CC(=O)c1ccc2c(c1)cc(C(=O)CC#N)n2COCC[Si](C)(C)C.CCOC(=O)/C(C)=N/Nc1ccc(C(=O)O)cc1.CCOC(=O)/C(C)=N/Nc1ccc(C(C)=O)cc1.CCOC(=O)c1cc2cc(C(C)=O)ccc2[nH]1.CCOC(=O)c1cc2cc(C(C)=O)ccc2n1COCC[Si](C)(C)C. The second-order valence-electron chi connectivity index (χ2n) is 25.6. The highest BCUT2D eigenvalue weighted by Gasteiger charge is 2.21. The molecule has 0 spiro atoms. The maximum atomic E-state index is 12.3. The number of H-pyrrole nitrogens is 1. The van der Waals surface area contributed by atoms with Crippen LogP contribution in [-0.2, 0) is 51.5 Å². The molecule has 3 heterocycles. The highest BCUT2D eigenvalue weighted by Crippen LogP contribution is 2.26. The van der Waals surface area contributed by atoms with Gasteiger partial charge < -0.3 is 47.6 Å². The molecule has 4 N–H and O–H groups in total. The monoisotopic (exact) mass is 1450 g/mol. The molecule has 0 saturated heterocycles. The summed E-state index contributed by atoms with van der Waals surface area (Å²) in [4.78, 5) is 118. The average molecular weight is 1450 g/mol. The van der Waals surface area contributed by atoms with E-state index in [1.165, 1.54) is 46.8 Å². The van der Waals surface area contributed by atoms with Crippen LogP contribution in [0.4, 0.5) is 11.4 Å². The van der Waals surface area contributed by atoms with Gasteiger partial charge in [0.25, 0.3) is 0 Å². The molecule has 0 saturated carbocycles. The molecule has 5 aromatic carbocycles. The molecule has 0 aliphatic heterocycles. The third kappa shape index (κ3) is 27.9. The second-order valence-corrected chi connectivity index (χ2v) is 36.8. The molecule has 0 bridgehead atoms. The topological polar surface area (TPSA) is 345 Å². The normalized spacial score (nSPS) is 11.2. The number of ether oxygens (including phenoxy) is 6. The molecule has 0 aliphatic carbocycles. The number of anilines is 2. The van der Waals surface area contributed by atoms with E-state index in [-0.39, 0.29) is 71.0 Å². The number of aromatic amines is 1. The lowest BCUT2D eigenvalue weighted by Gasteiger charge is -2.16. The Hall–Kier alpha value is -10.8. The Morgan fingerprint density at radius 1 is 0.476 bits per heavy atom. The van der Waals surface area contributed by atoms with E-state index in [9.17, 15) is 47.9 Å². The number of hydrazone groups is 2. The van der Waals surface area contributed by atoms with Gasteiger partial charge in [0.05, 0.1) is 66.2 Å². The lowest BCUT2D eigenvalue weighted by Crippen LogP contribution is -2.22. The first-order chi connectivity index (χ1) is 48.6. The summed E-state index contributed by atoms with van der Waals surface area (Å²) < 4.78 is 34.9. The highest BCUT2D eigenvalue weighted by molar-refractivity contribution is 6.76. The van der Waals surface area contributed by atoms with Crippen molar-refractivity contribution >= 4 is 130 Å². The summed E-state index contributed by atoms with van der Waals surface area (Å²) in [7, 11) is -2.35. The number of nitriles is 1. The van der Waals surface area contributed by atoms with Gasteiger partial charge in [0.1, 0.15) is 42.7 Å². The summed E-state index contributed by atoms with van der Waals surface area (Å²) in [6.07, 6.45) is -0.176. The Labute approximate surface area is 601 Å². The number of aromatic nitrogens is 3. The van der Waals surface area contributed by atoms with Crippen molar-refractivity contribution < 1.29 is 81.5 Å². The Bertz CT molecular complexity index is 4320. The van der Waals surface area contributed by atoms with E-state index in [0.717, 1.165) is 44.8 Å². The Morgan fingerprint density at radius 2 is 0.854 bits per heavy atom. The van der Waals surface area contributed by atoms with Gasteiger partial charge >= 0.3 is 29.8 Å². The fourth-order valence-electron chi connectivity index (χ4n) is 9.09. The van der Waals surface area contributed by atoms with Gasteiger partial charge in [0.2, 0.25) is 0 Å². The van der Waals surface area contributed by atoms with Gasteiger partial charge in [0.15, 0.2) is 28.9 Å². The van der Waals surface area contributed by atoms with Crippen LogP contribution in [0, 0.1) is 11.3 Å². The van der Waals surface area contributed by atoms with E-state index in [2.05, 4.69) is 65.3 Å². The fraction of sp³-hybridized carbons (Fsp3) is 0.355. The zero-order valence-corrected chi connectivity index (χ0v) is 63.5. The third-order valence-corrected chi connectivity index (χ3v) is 18.3. The van der Waals surface area contributed by atoms with Crippen LogP contribution in [0.3, 0.4) is 0 Å². The van der Waals surface area contributed by atoms with Crippen LogP contribution in [0.2, 0.25) is 51.4 Å². The molecule has 27 heteroatoms. The number of nitrogens with one attached hydrogen (secondary N) is 3. The number of carbonyl (C=O) groups excluding carboxylic acids is 9. The number of carboxylic acid groups (broad SMARTS) is 1. The zero-order valence-electron chi connectivity index (χ0n) is 61.5. The first-order valence-corrected chi connectivity index (χ1v) is 40.8. The van der Waals surface area contributed by atoms with Gasteiger partial charge in [0, 0.05) is 73.3 Å². The molecule has 0 aliphatic rings. The predicted octanol–water partition coefficient (Wildman–Crippen LogP) is 15.1. The fourth-order valence-corrected chi connectivity index (χ4v) is 10.6. The van der Waals surface area contributed by atoms with Crippen molar-refractivity contribution in [3.63, 3.8) is 0 Å². The number of carboxylic acids is 1. The average Bonchev–Trinajstić information content (AvgIpc) is 1.65. The van der Waals surface area contributed by atoms with E-state index in [1.807, 2.05) is 22.8 Å². The van der Waals surface area contributed by atoms with Crippen LogP contribution >= 0.6 is 0 Å². The van der Waals surface area contributed by atoms with Crippen LogP contribution < -0.4 is 10.9 Å². The maximum absolute atomic E-state index is 12.3. The van der Waals surface area contributed by atoms with E-state index in [1.54, 1.807) is 136 Å².